The number of nitrogens with one attached hydrogen (secondary N) is 2. The molecule has 0 spiro atoms. The van der Waals surface area contributed by atoms with Crippen molar-refractivity contribution in [3.8, 4) is 0 Å². The Morgan fingerprint density at radius 3 is 2.64 bits per heavy atom. The Labute approximate surface area is 151 Å². The first-order valence-corrected chi connectivity index (χ1v) is 8.38. The highest BCUT2D eigenvalue weighted by atomic mass is 32.1. The molecule has 3 aromatic rings. The first-order chi connectivity index (χ1) is 12.1. The van der Waals surface area contributed by atoms with Crippen molar-refractivity contribution in [2.24, 2.45) is 0 Å². The second-order valence-corrected chi connectivity index (χ2v) is 6.17. The summed E-state index contributed by atoms with van der Waals surface area (Å²) in [5.41, 5.74) is 3.42. The molecule has 6 heteroatoms. The summed E-state index contributed by atoms with van der Waals surface area (Å²) < 4.78 is 14.8. The summed E-state index contributed by atoms with van der Waals surface area (Å²) in [6.07, 6.45) is 1.91. The van der Waals surface area contributed by atoms with Gasteiger partial charge in [0.1, 0.15) is 5.82 Å². The topological polar surface area (TPSA) is 41.9 Å². The minimum atomic E-state index is -0.247. The third-order valence-electron chi connectivity index (χ3n) is 3.84. The second-order valence-electron chi connectivity index (χ2n) is 5.76. The lowest BCUT2D eigenvalue weighted by Gasteiger charge is -2.09. The Bertz CT molecular complexity index is 858. The molecule has 3 rings (SSSR count). The zero-order chi connectivity index (χ0) is 17.6. The van der Waals surface area contributed by atoms with Crippen LogP contribution < -0.4 is 10.6 Å². The van der Waals surface area contributed by atoms with Crippen molar-refractivity contribution in [3.05, 3.63) is 83.3 Å². The van der Waals surface area contributed by atoms with Crippen LogP contribution in [0.5, 0.6) is 0 Å². The van der Waals surface area contributed by atoms with Crippen LogP contribution in [0.3, 0.4) is 0 Å². The molecule has 0 bridgehead atoms. The van der Waals surface area contributed by atoms with Gasteiger partial charge in [0.25, 0.3) is 0 Å². The molecule has 0 aliphatic heterocycles. The van der Waals surface area contributed by atoms with Crippen LogP contribution in [0.2, 0.25) is 0 Å². The summed E-state index contributed by atoms with van der Waals surface area (Å²) in [4.78, 5) is 0. The first kappa shape index (κ1) is 17.1. The van der Waals surface area contributed by atoms with Gasteiger partial charge >= 0.3 is 0 Å². The molecule has 0 fully saturated rings. The molecule has 0 radical (unpaired) electrons. The summed E-state index contributed by atoms with van der Waals surface area (Å²) in [6, 6.07) is 16.4. The van der Waals surface area contributed by atoms with E-state index in [9.17, 15) is 4.39 Å². The number of anilines is 1. The number of aromatic nitrogens is 2. The smallest absolute Gasteiger partial charge is 0.172 e. The third kappa shape index (κ3) is 4.87. The van der Waals surface area contributed by atoms with Crippen LogP contribution >= 0.6 is 12.2 Å². The zero-order valence-corrected chi connectivity index (χ0v) is 14.7. The van der Waals surface area contributed by atoms with E-state index in [0.29, 0.717) is 24.0 Å². The molecule has 0 atom stereocenters. The van der Waals surface area contributed by atoms with E-state index in [1.54, 1.807) is 12.1 Å². The molecule has 0 aliphatic rings. The maximum Gasteiger partial charge on any atom is 0.172 e. The van der Waals surface area contributed by atoms with Gasteiger partial charge < -0.3 is 10.6 Å². The highest BCUT2D eigenvalue weighted by Crippen LogP contribution is 2.10. The normalized spacial score (nSPS) is 10.5. The average molecular weight is 354 g/mol. The molecule has 4 nitrogen and oxygen atoms in total. The van der Waals surface area contributed by atoms with Gasteiger partial charge in [0.2, 0.25) is 0 Å². The van der Waals surface area contributed by atoms with E-state index in [-0.39, 0.29) is 5.82 Å². The van der Waals surface area contributed by atoms with Crippen LogP contribution in [0.1, 0.15) is 16.7 Å². The lowest BCUT2D eigenvalue weighted by Crippen LogP contribution is -2.28. The van der Waals surface area contributed by atoms with Crippen LogP contribution in [0, 0.1) is 12.7 Å². The molecule has 0 saturated carbocycles. The number of hydrogen-bond donors (Lipinski definition) is 2. The molecule has 2 N–H and O–H groups in total. The van der Waals surface area contributed by atoms with Crippen molar-refractivity contribution in [3.63, 3.8) is 0 Å². The Kier molecular flexibility index (Phi) is 5.40. The molecule has 0 unspecified atom stereocenters. The fraction of sp³-hybridized carbons (Fsp3) is 0.158. The number of nitrogens with zero attached hydrogens (tertiary/aromatic N) is 2. The largest absolute Gasteiger partial charge is 0.358 e. The standard InChI is InChI=1S/C19H19FN4S/c1-14-4-2-3-5-16(14)13-24-11-10-18(23-24)22-19(25)21-12-15-6-8-17(20)9-7-15/h2-11H,12-13H2,1H3,(H2,21,22,23,25). The highest BCUT2D eigenvalue weighted by Gasteiger charge is 2.04. The molecule has 0 saturated heterocycles. The van der Waals surface area contributed by atoms with Gasteiger partial charge in [-0.15, -0.1) is 0 Å². The number of benzene rings is 2. The molecule has 1 heterocycles. The van der Waals surface area contributed by atoms with Crippen LogP contribution in [0.4, 0.5) is 10.2 Å². The van der Waals surface area contributed by atoms with Gasteiger partial charge in [-0.2, -0.15) is 5.10 Å². The van der Waals surface area contributed by atoms with E-state index < -0.39 is 0 Å². The zero-order valence-electron chi connectivity index (χ0n) is 13.9. The molecular formula is C19H19FN4S. The molecule has 1 aromatic heterocycles. The number of hydrogen-bond acceptors (Lipinski definition) is 2. The molecule has 0 amide bonds. The fourth-order valence-electron chi connectivity index (χ4n) is 2.42. The van der Waals surface area contributed by atoms with Crippen LogP contribution in [-0.4, -0.2) is 14.9 Å². The van der Waals surface area contributed by atoms with Gasteiger partial charge in [-0.3, -0.25) is 4.68 Å². The first-order valence-electron chi connectivity index (χ1n) is 7.97. The van der Waals surface area contributed by atoms with Gasteiger partial charge in [-0.1, -0.05) is 36.4 Å². The van der Waals surface area contributed by atoms with Gasteiger partial charge in [0, 0.05) is 18.8 Å². The lowest BCUT2D eigenvalue weighted by atomic mass is 10.1. The molecule has 0 aliphatic carbocycles. The van der Waals surface area contributed by atoms with Crippen molar-refractivity contribution in [1.29, 1.82) is 0 Å². The molecule has 2 aromatic carbocycles. The Hall–Kier alpha value is -2.73. The minimum Gasteiger partial charge on any atom is -0.358 e. The predicted octanol–water partition coefficient (Wildman–Crippen LogP) is 3.87. The summed E-state index contributed by atoms with van der Waals surface area (Å²) in [7, 11) is 0. The average Bonchev–Trinajstić information content (AvgIpc) is 3.03. The minimum absolute atomic E-state index is 0.247. The monoisotopic (exact) mass is 354 g/mol. The number of thiocarbonyl (C=S) groups is 1. The summed E-state index contributed by atoms with van der Waals surface area (Å²) in [5.74, 6) is 0.439. The van der Waals surface area contributed by atoms with Crippen molar-refractivity contribution < 1.29 is 4.39 Å². The van der Waals surface area contributed by atoms with E-state index in [1.807, 2.05) is 29.1 Å². The van der Waals surface area contributed by atoms with E-state index in [1.165, 1.54) is 23.3 Å². The van der Waals surface area contributed by atoms with Gasteiger partial charge in [0.15, 0.2) is 10.9 Å². The second kappa shape index (κ2) is 7.90. The van der Waals surface area contributed by atoms with Crippen molar-refractivity contribution in [1.82, 2.24) is 15.1 Å². The van der Waals surface area contributed by atoms with Crippen molar-refractivity contribution in [2.45, 2.75) is 20.0 Å². The van der Waals surface area contributed by atoms with Crippen molar-refractivity contribution in [2.75, 3.05) is 5.32 Å². The van der Waals surface area contributed by atoms with E-state index >= 15 is 0 Å². The van der Waals surface area contributed by atoms with Crippen molar-refractivity contribution >= 4 is 23.1 Å². The van der Waals surface area contributed by atoms with Crippen LogP contribution in [0.15, 0.2) is 60.8 Å². The molecule has 25 heavy (non-hydrogen) atoms. The molecular weight excluding hydrogens is 335 g/mol. The summed E-state index contributed by atoms with van der Waals surface area (Å²) in [6.45, 7) is 3.33. The maximum absolute atomic E-state index is 12.9. The van der Waals surface area contributed by atoms with E-state index in [4.69, 9.17) is 12.2 Å². The molecule has 128 valence electrons. The van der Waals surface area contributed by atoms with Gasteiger partial charge in [-0.25, -0.2) is 4.39 Å². The maximum atomic E-state index is 12.9. The van der Waals surface area contributed by atoms with E-state index in [2.05, 4.69) is 34.8 Å². The van der Waals surface area contributed by atoms with E-state index in [0.717, 1.165) is 5.56 Å². The Balaban J connectivity index is 1.53. The highest BCUT2D eigenvalue weighted by molar-refractivity contribution is 7.80. The van der Waals surface area contributed by atoms with Crippen LogP contribution in [-0.2, 0) is 13.1 Å². The fourth-order valence-corrected chi connectivity index (χ4v) is 2.60. The summed E-state index contributed by atoms with van der Waals surface area (Å²) >= 11 is 5.28. The number of rotatable bonds is 5. The third-order valence-corrected chi connectivity index (χ3v) is 4.09. The number of aryl methyl sites for hydroxylation is 1. The predicted molar refractivity (Wildman–Crippen MR) is 102 cm³/mol. The SMILES string of the molecule is Cc1ccccc1Cn1ccc(NC(=S)NCc2ccc(F)cc2)n1. The van der Waals surface area contributed by atoms with Gasteiger partial charge in [0.05, 0.1) is 6.54 Å². The number of halogens is 1. The van der Waals surface area contributed by atoms with Crippen LogP contribution in [0.25, 0.3) is 0 Å². The van der Waals surface area contributed by atoms with Gasteiger partial charge in [-0.05, 0) is 48.0 Å². The summed E-state index contributed by atoms with van der Waals surface area (Å²) in [5, 5.41) is 11.1. The quantitative estimate of drug-likeness (QED) is 0.683. The lowest BCUT2D eigenvalue weighted by molar-refractivity contribution is 0.627. The Morgan fingerprint density at radius 1 is 1.12 bits per heavy atom. The Morgan fingerprint density at radius 2 is 1.88 bits per heavy atom.